The molecule has 0 aliphatic heterocycles. The summed E-state index contributed by atoms with van der Waals surface area (Å²) in [4.78, 5) is 2.25. The molecular formula is C14H24N2O. The maximum absolute atomic E-state index is 9.36. The first-order valence-corrected chi connectivity index (χ1v) is 6.15. The highest BCUT2D eigenvalue weighted by Crippen LogP contribution is 2.11. The zero-order valence-corrected chi connectivity index (χ0v) is 11.3. The second-order valence-electron chi connectivity index (χ2n) is 5.08. The van der Waals surface area contributed by atoms with Gasteiger partial charge in [0.25, 0.3) is 0 Å². The minimum absolute atomic E-state index is 0.331. The molecule has 1 aromatic rings. The van der Waals surface area contributed by atoms with Gasteiger partial charge in [-0.1, -0.05) is 26.0 Å². The first-order chi connectivity index (χ1) is 8.00. The number of likely N-dealkylation sites (N-methyl/N-ethyl adjacent to an activating group) is 1. The van der Waals surface area contributed by atoms with Gasteiger partial charge in [-0.05, 0) is 37.7 Å². The van der Waals surface area contributed by atoms with Crippen LogP contribution >= 0.6 is 0 Å². The molecule has 1 unspecified atom stereocenters. The first kappa shape index (κ1) is 14.0. The molecule has 1 rings (SSSR count). The van der Waals surface area contributed by atoms with E-state index >= 15 is 0 Å². The van der Waals surface area contributed by atoms with Crippen LogP contribution in [0.1, 0.15) is 19.4 Å². The molecule has 0 saturated heterocycles. The van der Waals surface area contributed by atoms with Crippen LogP contribution in [0.25, 0.3) is 0 Å². The molecule has 1 aromatic carbocycles. The third-order valence-electron chi connectivity index (χ3n) is 3.03. The van der Waals surface area contributed by atoms with E-state index in [1.54, 1.807) is 12.1 Å². The molecule has 0 aliphatic carbocycles. The second-order valence-corrected chi connectivity index (χ2v) is 5.08. The summed E-state index contributed by atoms with van der Waals surface area (Å²) in [5.74, 6) is 0.957. The highest BCUT2D eigenvalue weighted by Gasteiger charge is 2.14. The van der Waals surface area contributed by atoms with E-state index in [0.717, 1.165) is 18.7 Å². The van der Waals surface area contributed by atoms with Crippen molar-refractivity contribution >= 4 is 0 Å². The standard InChI is InChI=1S/C14H24N2O/c1-11(2)14(16(3)4)10-15-9-12-6-5-7-13(17)8-12/h5-8,11,14-15,17H,9-10H2,1-4H3. The molecule has 3 heteroatoms. The van der Waals surface area contributed by atoms with Crippen molar-refractivity contribution in [2.75, 3.05) is 20.6 Å². The molecule has 96 valence electrons. The molecule has 0 aliphatic rings. The average molecular weight is 236 g/mol. The Hall–Kier alpha value is -1.06. The fourth-order valence-corrected chi connectivity index (χ4v) is 2.05. The third-order valence-corrected chi connectivity index (χ3v) is 3.03. The van der Waals surface area contributed by atoms with Gasteiger partial charge in [-0.15, -0.1) is 0 Å². The van der Waals surface area contributed by atoms with E-state index < -0.39 is 0 Å². The average Bonchev–Trinajstić information content (AvgIpc) is 2.23. The van der Waals surface area contributed by atoms with Gasteiger partial charge in [0.05, 0.1) is 0 Å². The fraction of sp³-hybridized carbons (Fsp3) is 0.571. The Balaban J connectivity index is 2.41. The van der Waals surface area contributed by atoms with Crippen LogP contribution in [0, 0.1) is 5.92 Å². The lowest BCUT2D eigenvalue weighted by molar-refractivity contribution is 0.224. The van der Waals surface area contributed by atoms with Gasteiger partial charge in [-0.2, -0.15) is 0 Å². The molecule has 2 N–H and O–H groups in total. The number of hydrogen-bond donors (Lipinski definition) is 2. The molecule has 0 radical (unpaired) electrons. The first-order valence-electron chi connectivity index (χ1n) is 6.15. The summed E-state index contributed by atoms with van der Waals surface area (Å²) < 4.78 is 0. The number of aromatic hydroxyl groups is 1. The second kappa shape index (κ2) is 6.62. The van der Waals surface area contributed by atoms with E-state index in [4.69, 9.17) is 0 Å². The SMILES string of the molecule is CC(C)C(CNCc1cccc(O)c1)N(C)C. The number of benzene rings is 1. The van der Waals surface area contributed by atoms with Crippen molar-refractivity contribution in [3.8, 4) is 5.75 Å². The zero-order chi connectivity index (χ0) is 12.8. The van der Waals surface area contributed by atoms with E-state index in [2.05, 4.69) is 38.2 Å². The van der Waals surface area contributed by atoms with E-state index in [1.807, 2.05) is 12.1 Å². The van der Waals surface area contributed by atoms with Gasteiger partial charge < -0.3 is 15.3 Å². The van der Waals surface area contributed by atoms with Crippen molar-refractivity contribution in [2.24, 2.45) is 5.92 Å². The molecule has 0 heterocycles. The number of nitrogens with zero attached hydrogens (tertiary/aromatic N) is 1. The van der Waals surface area contributed by atoms with Crippen molar-refractivity contribution < 1.29 is 5.11 Å². The molecule has 0 fully saturated rings. The van der Waals surface area contributed by atoms with Gasteiger partial charge >= 0.3 is 0 Å². The summed E-state index contributed by atoms with van der Waals surface area (Å²) in [6.45, 7) is 6.23. The van der Waals surface area contributed by atoms with Crippen LogP contribution in [0.5, 0.6) is 5.75 Å². The van der Waals surface area contributed by atoms with E-state index in [0.29, 0.717) is 17.7 Å². The normalized spacial score (nSPS) is 13.3. The van der Waals surface area contributed by atoms with Crippen LogP contribution in [-0.4, -0.2) is 36.7 Å². The van der Waals surface area contributed by atoms with Crippen LogP contribution in [0.2, 0.25) is 0 Å². The summed E-state index contributed by atoms with van der Waals surface area (Å²) in [5, 5.41) is 12.8. The smallest absolute Gasteiger partial charge is 0.115 e. The van der Waals surface area contributed by atoms with E-state index in [-0.39, 0.29) is 0 Å². The lowest BCUT2D eigenvalue weighted by Gasteiger charge is -2.28. The summed E-state index contributed by atoms with van der Waals surface area (Å²) in [7, 11) is 4.22. The number of nitrogens with one attached hydrogen (secondary N) is 1. The van der Waals surface area contributed by atoms with E-state index in [1.165, 1.54) is 0 Å². The Morgan fingerprint density at radius 1 is 1.29 bits per heavy atom. The molecular weight excluding hydrogens is 212 g/mol. The number of hydrogen-bond acceptors (Lipinski definition) is 3. The predicted octanol–water partition coefficient (Wildman–Crippen LogP) is 2.07. The summed E-state index contributed by atoms with van der Waals surface area (Å²) in [6.07, 6.45) is 0. The van der Waals surface area contributed by atoms with Crippen molar-refractivity contribution in [2.45, 2.75) is 26.4 Å². The molecule has 1 atom stereocenters. The van der Waals surface area contributed by atoms with Gasteiger partial charge in [0.2, 0.25) is 0 Å². The summed E-state index contributed by atoms with van der Waals surface area (Å²) in [5.41, 5.74) is 1.12. The highest BCUT2D eigenvalue weighted by molar-refractivity contribution is 5.26. The zero-order valence-electron chi connectivity index (χ0n) is 11.3. The molecule has 0 saturated carbocycles. The Labute approximate surface area is 104 Å². The highest BCUT2D eigenvalue weighted by atomic mass is 16.3. The van der Waals surface area contributed by atoms with Crippen molar-refractivity contribution in [1.82, 2.24) is 10.2 Å². The number of phenolic OH excluding ortho intramolecular Hbond substituents is 1. The number of rotatable bonds is 6. The maximum Gasteiger partial charge on any atom is 0.115 e. The monoisotopic (exact) mass is 236 g/mol. The molecule has 0 aromatic heterocycles. The summed E-state index contributed by atoms with van der Waals surface area (Å²) >= 11 is 0. The predicted molar refractivity (Wildman–Crippen MR) is 72.1 cm³/mol. The van der Waals surface area contributed by atoms with Crippen LogP contribution in [0.15, 0.2) is 24.3 Å². The van der Waals surface area contributed by atoms with Gasteiger partial charge in [0.15, 0.2) is 0 Å². The van der Waals surface area contributed by atoms with Crippen LogP contribution < -0.4 is 5.32 Å². The van der Waals surface area contributed by atoms with Crippen molar-refractivity contribution in [1.29, 1.82) is 0 Å². The van der Waals surface area contributed by atoms with Crippen LogP contribution in [0.4, 0.5) is 0 Å². The van der Waals surface area contributed by atoms with E-state index in [9.17, 15) is 5.11 Å². The maximum atomic E-state index is 9.36. The van der Waals surface area contributed by atoms with Gasteiger partial charge in [0, 0.05) is 19.1 Å². The van der Waals surface area contributed by atoms with Crippen molar-refractivity contribution in [3.05, 3.63) is 29.8 Å². The fourth-order valence-electron chi connectivity index (χ4n) is 2.05. The number of phenols is 1. The lowest BCUT2D eigenvalue weighted by atomic mass is 10.0. The molecule has 0 spiro atoms. The molecule has 0 bridgehead atoms. The third kappa shape index (κ3) is 4.75. The molecule has 0 amide bonds. The minimum atomic E-state index is 0.331. The summed E-state index contributed by atoms with van der Waals surface area (Å²) in [6, 6.07) is 7.92. The van der Waals surface area contributed by atoms with Crippen molar-refractivity contribution in [3.63, 3.8) is 0 Å². The Bertz CT molecular complexity index is 329. The van der Waals surface area contributed by atoms with Gasteiger partial charge in [-0.25, -0.2) is 0 Å². The molecule has 17 heavy (non-hydrogen) atoms. The largest absolute Gasteiger partial charge is 0.508 e. The van der Waals surface area contributed by atoms with Gasteiger partial charge in [-0.3, -0.25) is 0 Å². The quantitative estimate of drug-likeness (QED) is 0.793. The molecule has 3 nitrogen and oxygen atoms in total. The van der Waals surface area contributed by atoms with Crippen LogP contribution in [-0.2, 0) is 6.54 Å². The van der Waals surface area contributed by atoms with Crippen LogP contribution in [0.3, 0.4) is 0 Å². The minimum Gasteiger partial charge on any atom is -0.508 e. The Kier molecular flexibility index (Phi) is 5.45. The topological polar surface area (TPSA) is 35.5 Å². The Morgan fingerprint density at radius 2 is 2.00 bits per heavy atom. The lowest BCUT2D eigenvalue weighted by Crippen LogP contribution is -2.41. The Morgan fingerprint density at radius 3 is 2.53 bits per heavy atom. The van der Waals surface area contributed by atoms with Gasteiger partial charge in [0.1, 0.15) is 5.75 Å².